The second-order valence-corrected chi connectivity index (χ2v) is 32.8. The van der Waals surface area contributed by atoms with Crippen LogP contribution >= 0.6 is 68.0 Å². The zero-order valence-corrected chi connectivity index (χ0v) is 44.6. The summed E-state index contributed by atoms with van der Waals surface area (Å²) in [6.45, 7) is 20.5. The zero-order chi connectivity index (χ0) is 42.8. The molecule has 0 aromatic carbocycles. The highest BCUT2D eigenvalue weighted by Gasteiger charge is 2.59. The molecular formula is C43H74O9P8. The van der Waals surface area contributed by atoms with Crippen molar-refractivity contribution in [3.05, 3.63) is 36.5 Å². The predicted octanol–water partition coefficient (Wildman–Crippen LogP) is 11.0. The number of carbonyl (C=O) groups is 1. The van der Waals surface area contributed by atoms with Gasteiger partial charge in [-0.25, -0.2) is 0 Å². The second-order valence-electron chi connectivity index (χ2n) is 19.1. The van der Waals surface area contributed by atoms with Crippen LogP contribution in [-0.4, -0.2) is 97.4 Å². The van der Waals surface area contributed by atoms with Gasteiger partial charge in [0.25, 0.3) is 0 Å². The molecule has 9 nitrogen and oxygen atoms in total. The molecule has 8 bridgehead atoms. The first kappa shape index (κ1) is 49.9. The van der Waals surface area contributed by atoms with Crippen LogP contribution in [0.1, 0.15) is 111 Å². The maximum atomic E-state index is 14.3. The smallest absolute Gasteiger partial charge is 0.135 e. The molecule has 0 amide bonds. The van der Waals surface area contributed by atoms with Crippen LogP contribution < -0.4 is 0 Å². The van der Waals surface area contributed by atoms with Gasteiger partial charge < -0.3 is 37.5 Å². The van der Waals surface area contributed by atoms with Gasteiger partial charge in [-0.3, -0.25) is 4.79 Å². The number of rotatable bonds is 9. The molecule has 0 N–H and O–H groups in total. The van der Waals surface area contributed by atoms with Crippen LogP contribution in [0.4, 0.5) is 0 Å². The van der Waals surface area contributed by atoms with E-state index in [2.05, 4.69) is 85.2 Å². The van der Waals surface area contributed by atoms with Gasteiger partial charge in [0.15, 0.2) is 0 Å². The van der Waals surface area contributed by atoms with Gasteiger partial charge in [-0.15, -0.1) is 17.2 Å². The SMILES string of the molecule is C=C1CC[C@H]2CC(=C)C(CC[C@H]3C[C@@H](C)C(=C)C(C[C@@H]4O[C@H](C[C@H](C)CCPP)[C@H](C)C4CC(=O)C[C@H]4CC[C@@H]5O[C@@H]6[C@@H](O[C@H](C1)[C@@H]6OP(P)P)[C@@H](OP(P)P)[C@H]5O4)O3)O2. The summed E-state index contributed by atoms with van der Waals surface area (Å²) in [5.74, 6) is 1.51. The lowest BCUT2D eigenvalue weighted by Crippen LogP contribution is -2.61. The minimum Gasteiger partial charge on any atom is -0.374 e. The number of ether oxygens (including phenoxy) is 6. The average Bonchev–Trinajstić information content (AvgIpc) is 3.81. The number of carbonyl (C=O) groups excluding carboxylic acids is 1. The van der Waals surface area contributed by atoms with Crippen LogP contribution in [0.25, 0.3) is 0 Å². The van der Waals surface area contributed by atoms with Crippen molar-refractivity contribution in [1.82, 2.24) is 0 Å². The Kier molecular flexibility index (Phi) is 19.0. The number of ketones is 1. The van der Waals surface area contributed by atoms with Gasteiger partial charge in [-0.1, -0.05) is 81.8 Å². The lowest BCUT2D eigenvalue weighted by atomic mass is 9.78. The molecular weight excluding hydrogens is 908 g/mol. The molecule has 0 radical (unpaired) electrons. The van der Waals surface area contributed by atoms with Gasteiger partial charge in [0.05, 0.1) is 70.0 Å². The highest BCUT2D eigenvalue weighted by Crippen LogP contribution is 2.60. The highest BCUT2D eigenvalue weighted by molar-refractivity contribution is 8.41. The van der Waals surface area contributed by atoms with Crippen LogP contribution in [0, 0.1) is 23.7 Å². The van der Waals surface area contributed by atoms with E-state index in [0.29, 0.717) is 31.1 Å². The molecule has 0 spiro atoms. The summed E-state index contributed by atoms with van der Waals surface area (Å²) in [6.07, 6.45) is 10.5. The van der Waals surface area contributed by atoms with Crippen molar-refractivity contribution in [2.45, 2.75) is 196 Å². The van der Waals surface area contributed by atoms with Gasteiger partial charge in [0.1, 0.15) is 36.3 Å². The Bertz CT molecular complexity index is 1510. The molecule has 0 saturated carbocycles. The Morgan fingerprint density at radius 3 is 2.17 bits per heavy atom. The monoisotopic (exact) mass is 982 g/mol. The van der Waals surface area contributed by atoms with Crippen LogP contribution in [0.15, 0.2) is 36.5 Å². The summed E-state index contributed by atoms with van der Waals surface area (Å²) in [4.78, 5) is 14.3. The topological polar surface area (TPSA) is 90.9 Å². The molecule has 7 aliphatic rings. The number of fused-ring (bicyclic) bond motifs is 7. The van der Waals surface area contributed by atoms with E-state index in [0.717, 1.165) is 83.6 Å². The third-order valence-electron chi connectivity index (χ3n) is 14.6. The molecule has 340 valence electrons. The number of Topliss-reactive ketones (excluding diaryl/α,β-unsaturated/α-hetero) is 1. The Morgan fingerprint density at radius 1 is 0.733 bits per heavy atom. The summed E-state index contributed by atoms with van der Waals surface area (Å²) >= 11 is 0. The molecule has 7 heterocycles. The molecule has 17 heteroatoms. The molecule has 0 aliphatic carbocycles. The van der Waals surface area contributed by atoms with Crippen molar-refractivity contribution in [2.75, 3.05) is 6.16 Å². The van der Waals surface area contributed by atoms with Crippen LogP contribution in [0.3, 0.4) is 0 Å². The zero-order valence-electron chi connectivity index (χ0n) is 36.1. The van der Waals surface area contributed by atoms with Gasteiger partial charge in [-0.05, 0) is 112 Å². The third kappa shape index (κ3) is 12.6. The van der Waals surface area contributed by atoms with Crippen LogP contribution in [0.5, 0.6) is 0 Å². The fourth-order valence-electron chi connectivity index (χ4n) is 11.2. The van der Waals surface area contributed by atoms with E-state index in [1.807, 2.05) is 0 Å². The van der Waals surface area contributed by atoms with E-state index in [4.69, 9.17) is 37.5 Å². The summed E-state index contributed by atoms with van der Waals surface area (Å²) in [6, 6.07) is 0. The molecule has 0 aromatic heterocycles. The molecule has 7 saturated heterocycles. The van der Waals surface area contributed by atoms with Crippen LogP contribution in [-0.2, 0) is 42.3 Å². The first-order valence-corrected chi connectivity index (χ1v) is 34.5. The van der Waals surface area contributed by atoms with Gasteiger partial charge in [-0.2, -0.15) is 0 Å². The molecule has 24 atom stereocenters. The molecule has 0 aromatic rings. The van der Waals surface area contributed by atoms with Crippen molar-refractivity contribution in [2.24, 2.45) is 23.7 Å². The minimum absolute atomic E-state index is 0.0326. The lowest BCUT2D eigenvalue weighted by Gasteiger charge is -2.48. The standard InChI is InChI=1S/C43H74O9P8/c1-22-7-8-29-18-25(4)33(45-29)11-9-30-17-24(3)26(5)36(46-30)21-37-32(27(6)35(48-37)15-23(2)13-14-58-53)20-28(44)19-31-10-12-34-39(47-31)43(52-60(56)57)42-41(49-34)40(51-59(54)55)38(16-22)50-42/h23-24,27,29-43,58H,1,4-5,7-21,53-57H2,2-3,6H3/t23-,24-,27-,29+,30+,31-,32?,33?,34+,35-,36?,37+,38-,39+,40+,41+,42-,43+/m1/s1. The fourth-order valence-corrected chi connectivity index (χ4v) is 15.1. The summed E-state index contributed by atoms with van der Waals surface area (Å²) in [5.41, 5.74) is 3.45. The van der Waals surface area contributed by atoms with Crippen LogP contribution in [0.2, 0.25) is 0 Å². The Balaban J connectivity index is 1.14. The maximum absolute atomic E-state index is 14.3. The van der Waals surface area contributed by atoms with Crippen molar-refractivity contribution in [3.63, 3.8) is 0 Å². The van der Waals surface area contributed by atoms with E-state index >= 15 is 0 Å². The number of hydrogen-bond donors (Lipinski definition) is 0. The Labute approximate surface area is 376 Å². The van der Waals surface area contributed by atoms with Gasteiger partial charge >= 0.3 is 0 Å². The molecule has 7 aliphatic heterocycles. The normalized spacial score (nSPS) is 43.9. The lowest BCUT2D eigenvalue weighted by molar-refractivity contribution is -0.251. The average molecular weight is 983 g/mol. The second kappa shape index (κ2) is 22.9. The van der Waals surface area contributed by atoms with Crippen molar-refractivity contribution >= 4 is 73.7 Å². The van der Waals surface area contributed by atoms with Crippen molar-refractivity contribution in [1.29, 1.82) is 0 Å². The largest absolute Gasteiger partial charge is 0.374 e. The van der Waals surface area contributed by atoms with Gasteiger partial charge in [0.2, 0.25) is 0 Å². The molecule has 60 heavy (non-hydrogen) atoms. The molecule has 7 fully saturated rings. The third-order valence-corrected chi connectivity index (χ3v) is 18.4. The number of hydrogen-bond acceptors (Lipinski definition) is 9. The van der Waals surface area contributed by atoms with E-state index in [-0.39, 0.29) is 103 Å². The van der Waals surface area contributed by atoms with Gasteiger partial charge in [0, 0.05) is 19.3 Å². The van der Waals surface area contributed by atoms with E-state index < -0.39 is 15.1 Å². The fraction of sp³-hybridized carbons (Fsp3) is 0.837. The summed E-state index contributed by atoms with van der Waals surface area (Å²) < 4.78 is 54.8. The Morgan fingerprint density at radius 2 is 1.42 bits per heavy atom. The first-order chi connectivity index (χ1) is 28.7. The van der Waals surface area contributed by atoms with E-state index in [1.54, 1.807) is 0 Å². The van der Waals surface area contributed by atoms with E-state index in [9.17, 15) is 4.79 Å². The predicted molar refractivity (Wildman–Crippen MR) is 265 cm³/mol. The quantitative estimate of drug-likeness (QED) is 0.165. The minimum atomic E-state index is -0.901. The maximum Gasteiger partial charge on any atom is 0.135 e. The van der Waals surface area contributed by atoms with Crippen molar-refractivity contribution < 1.29 is 42.3 Å². The van der Waals surface area contributed by atoms with E-state index in [1.165, 1.54) is 18.2 Å². The molecule has 9 unspecified atom stereocenters. The molecule has 7 rings (SSSR count). The first-order valence-electron chi connectivity index (χ1n) is 22.5. The summed E-state index contributed by atoms with van der Waals surface area (Å²) in [7, 11) is 13.2. The highest BCUT2D eigenvalue weighted by atomic mass is 32.4. The Hall–Kier alpha value is 2.01. The summed E-state index contributed by atoms with van der Waals surface area (Å²) in [5, 5.41) is 0. The van der Waals surface area contributed by atoms with Crippen molar-refractivity contribution in [3.8, 4) is 0 Å².